The molecule has 2 aliphatic heterocycles. The van der Waals surface area contributed by atoms with E-state index in [9.17, 15) is 19.5 Å². The molecule has 33 heavy (non-hydrogen) atoms. The summed E-state index contributed by atoms with van der Waals surface area (Å²) in [5.41, 5.74) is -1.53. The molecule has 2 saturated heterocycles. The molecule has 1 saturated carbocycles. The van der Waals surface area contributed by atoms with Gasteiger partial charge < -0.3 is 33.2 Å². The number of ketones is 1. The van der Waals surface area contributed by atoms with Crippen molar-refractivity contribution in [3.63, 3.8) is 0 Å². The second kappa shape index (κ2) is 7.74. The Kier molecular flexibility index (Phi) is 5.09. The fourth-order valence-corrected chi connectivity index (χ4v) is 5.24. The largest absolute Gasteiger partial charge is 0.509 e. The van der Waals surface area contributed by atoms with Gasteiger partial charge in [-0.25, -0.2) is 9.59 Å². The van der Waals surface area contributed by atoms with Gasteiger partial charge in [-0.2, -0.15) is 0 Å². The second-order valence-corrected chi connectivity index (χ2v) is 8.68. The Morgan fingerprint density at radius 1 is 1.15 bits per heavy atom. The molecule has 0 bridgehead atoms. The Bertz CT molecular complexity index is 1190. The van der Waals surface area contributed by atoms with Crippen molar-refractivity contribution >= 4 is 22.9 Å². The summed E-state index contributed by atoms with van der Waals surface area (Å²) < 4.78 is 34.3. The maximum atomic E-state index is 12.3. The molecule has 4 atom stereocenters. The number of aromatic hydroxyl groups is 1. The summed E-state index contributed by atoms with van der Waals surface area (Å²) in [6, 6.07) is 3.06. The number of carbonyl (C=O) groups excluding carboxylic acids is 2. The fraction of sp³-hybridized carbons (Fsp3) is 0.522. The Labute approximate surface area is 188 Å². The minimum Gasteiger partial charge on any atom is -0.506 e. The number of ether oxygens (including phenoxy) is 5. The number of benzene rings is 1. The van der Waals surface area contributed by atoms with Crippen LogP contribution in [0.15, 0.2) is 21.3 Å². The van der Waals surface area contributed by atoms with Gasteiger partial charge in [-0.15, -0.1) is 0 Å². The molecule has 1 aromatic carbocycles. The Hall–Kier alpha value is -3.11. The lowest BCUT2D eigenvalue weighted by molar-refractivity contribution is -0.292. The quantitative estimate of drug-likeness (QED) is 0.413. The van der Waals surface area contributed by atoms with E-state index in [0.29, 0.717) is 11.3 Å². The molecule has 1 spiro atoms. The Morgan fingerprint density at radius 2 is 1.85 bits per heavy atom. The van der Waals surface area contributed by atoms with Gasteiger partial charge in [0.1, 0.15) is 34.4 Å². The third-order valence-corrected chi connectivity index (χ3v) is 6.77. The monoisotopic (exact) mass is 460 g/mol. The zero-order valence-electron chi connectivity index (χ0n) is 18.4. The Balaban J connectivity index is 1.54. The van der Waals surface area contributed by atoms with E-state index in [0.717, 1.165) is 25.7 Å². The highest BCUT2D eigenvalue weighted by atomic mass is 16.8. The summed E-state index contributed by atoms with van der Waals surface area (Å²) in [7, 11) is 1.55. The molecular formula is C23H24O10. The van der Waals surface area contributed by atoms with Crippen LogP contribution in [0.3, 0.4) is 0 Å². The summed E-state index contributed by atoms with van der Waals surface area (Å²) in [6.07, 6.45) is -0.522. The van der Waals surface area contributed by atoms with Crippen molar-refractivity contribution in [3.8, 4) is 11.5 Å². The van der Waals surface area contributed by atoms with E-state index >= 15 is 0 Å². The minimum absolute atomic E-state index is 0.0809. The molecule has 1 aliphatic carbocycles. The van der Waals surface area contributed by atoms with Crippen LogP contribution in [0.25, 0.3) is 11.0 Å². The van der Waals surface area contributed by atoms with Crippen LogP contribution in [0.4, 0.5) is 4.79 Å². The first-order valence-electron chi connectivity index (χ1n) is 10.8. The van der Waals surface area contributed by atoms with Crippen molar-refractivity contribution in [1.82, 2.24) is 0 Å². The van der Waals surface area contributed by atoms with E-state index in [1.807, 2.05) is 0 Å². The lowest BCUT2D eigenvalue weighted by Gasteiger charge is -2.47. The summed E-state index contributed by atoms with van der Waals surface area (Å²) in [5.74, 6) is -0.736. The van der Waals surface area contributed by atoms with Crippen molar-refractivity contribution in [2.45, 2.75) is 69.7 Å². The topological polar surface area (TPSA) is 131 Å². The third-order valence-electron chi connectivity index (χ3n) is 6.77. The highest BCUT2D eigenvalue weighted by Gasteiger charge is 2.62. The van der Waals surface area contributed by atoms with Crippen LogP contribution in [0, 0.1) is 6.92 Å². The van der Waals surface area contributed by atoms with Crippen LogP contribution in [0.5, 0.6) is 11.5 Å². The van der Waals surface area contributed by atoms with E-state index in [4.69, 9.17) is 28.1 Å². The number of Topliss-reactive ketones (excluding diaryl/α,β-unsaturated/α-hetero) is 1. The average Bonchev–Trinajstić information content (AvgIpc) is 3.37. The highest BCUT2D eigenvalue weighted by molar-refractivity contribution is 6.02. The number of hydrogen-bond donors (Lipinski definition) is 1. The van der Waals surface area contributed by atoms with Crippen LogP contribution in [0.2, 0.25) is 0 Å². The number of aryl methyl sites for hydroxylation is 1. The molecule has 3 fully saturated rings. The predicted molar refractivity (Wildman–Crippen MR) is 112 cm³/mol. The van der Waals surface area contributed by atoms with E-state index in [1.54, 1.807) is 20.1 Å². The lowest BCUT2D eigenvalue weighted by Crippen LogP contribution is -2.64. The van der Waals surface area contributed by atoms with Crippen LogP contribution in [-0.4, -0.2) is 54.4 Å². The van der Waals surface area contributed by atoms with Gasteiger partial charge in [0.15, 0.2) is 11.9 Å². The molecular weight excluding hydrogens is 436 g/mol. The molecule has 1 N–H and O–H groups in total. The molecule has 2 aromatic rings. The van der Waals surface area contributed by atoms with Crippen molar-refractivity contribution in [3.05, 3.63) is 33.7 Å². The first-order chi connectivity index (χ1) is 15.8. The molecule has 10 heteroatoms. The number of rotatable bonds is 4. The third kappa shape index (κ3) is 3.27. The molecule has 176 valence electrons. The number of methoxy groups -OCH3 is 1. The Morgan fingerprint density at radius 3 is 2.52 bits per heavy atom. The highest BCUT2D eigenvalue weighted by Crippen LogP contribution is 2.47. The van der Waals surface area contributed by atoms with Crippen molar-refractivity contribution in [2.75, 3.05) is 7.11 Å². The maximum Gasteiger partial charge on any atom is 0.509 e. The minimum atomic E-state index is -0.987. The predicted octanol–water partition coefficient (Wildman–Crippen LogP) is 2.98. The van der Waals surface area contributed by atoms with Gasteiger partial charge in [-0.1, -0.05) is 12.8 Å². The van der Waals surface area contributed by atoms with E-state index in [2.05, 4.69) is 0 Å². The summed E-state index contributed by atoms with van der Waals surface area (Å²) in [4.78, 5) is 36.0. The number of carbonyl (C=O) groups is 2. The maximum absolute atomic E-state index is 12.3. The SMILES string of the molecule is CO[C@@H]1[C@H]2OC(=O)O[C@H]2C(Oc2ccc3c(O)c(C(C)=O)c(=O)oc3c2C)OC12CCCC2. The molecule has 0 radical (unpaired) electrons. The summed E-state index contributed by atoms with van der Waals surface area (Å²) in [6.45, 7) is 2.82. The second-order valence-electron chi connectivity index (χ2n) is 8.68. The van der Waals surface area contributed by atoms with E-state index in [1.165, 1.54) is 13.0 Å². The first kappa shape index (κ1) is 21.7. The lowest BCUT2D eigenvalue weighted by atomic mass is 9.85. The molecule has 0 amide bonds. The van der Waals surface area contributed by atoms with Crippen LogP contribution in [0.1, 0.15) is 48.5 Å². The van der Waals surface area contributed by atoms with Crippen molar-refractivity contribution in [2.24, 2.45) is 0 Å². The average molecular weight is 460 g/mol. The van der Waals surface area contributed by atoms with Gasteiger partial charge in [0.2, 0.25) is 12.4 Å². The van der Waals surface area contributed by atoms with Gasteiger partial charge in [0.05, 0.1) is 5.39 Å². The zero-order chi connectivity index (χ0) is 23.5. The molecule has 3 aliphatic rings. The normalized spacial score (nSPS) is 27.9. The molecule has 10 nitrogen and oxygen atoms in total. The molecule has 1 unspecified atom stereocenters. The van der Waals surface area contributed by atoms with Crippen LogP contribution >= 0.6 is 0 Å². The summed E-state index contributed by atoms with van der Waals surface area (Å²) >= 11 is 0. The number of fused-ring (bicyclic) bond motifs is 2. The zero-order valence-corrected chi connectivity index (χ0v) is 18.4. The fourth-order valence-electron chi connectivity index (χ4n) is 5.24. The van der Waals surface area contributed by atoms with Crippen LogP contribution in [-0.2, 0) is 18.9 Å². The van der Waals surface area contributed by atoms with Crippen molar-refractivity contribution < 1.29 is 42.8 Å². The van der Waals surface area contributed by atoms with Crippen molar-refractivity contribution in [1.29, 1.82) is 0 Å². The standard InChI is InChI=1S/C23H24O10/c1-10-13(7-6-12-15(25)14(11(2)24)20(26)30-16(10)12)29-21-18-17(31-22(27)32-18)19(28-3)23(33-21)8-4-5-9-23/h6-7,17-19,21,25H,4-5,8-9H2,1-3H3/t17-,18+,19+,21?/m0/s1. The van der Waals surface area contributed by atoms with Crippen LogP contribution < -0.4 is 10.4 Å². The molecule has 3 heterocycles. The van der Waals surface area contributed by atoms with Gasteiger partial charge >= 0.3 is 11.8 Å². The van der Waals surface area contributed by atoms with Gasteiger partial charge in [-0.05, 0) is 38.8 Å². The smallest absolute Gasteiger partial charge is 0.506 e. The first-order valence-corrected chi connectivity index (χ1v) is 10.8. The van der Waals surface area contributed by atoms with Gasteiger partial charge in [0, 0.05) is 12.7 Å². The number of hydrogen-bond acceptors (Lipinski definition) is 10. The van der Waals surface area contributed by atoms with Gasteiger partial charge in [0.25, 0.3) is 0 Å². The summed E-state index contributed by atoms with van der Waals surface area (Å²) in [5, 5.41) is 10.7. The molecule has 5 rings (SSSR count). The van der Waals surface area contributed by atoms with Gasteiger partial charge in [-0.3, -0.25) is 4.79 Å². The van der Waals surface area contributed by atoms with E-state index in [-0.39, 0.29) is 11.0 Å². The molecule has 1 aromatic heterocycles. The van der Waals surface area contributed by atoms with E-state index < -0.39 is 59.1 Å².